The lowest BCUT2D eigenvalue weighted by molar-refractivity contribution is -0.117. The topological polar surface area (TPSA) is 79.0 Å². The Labute approximate surface area is 197 Å². The molecule has 0 aromatic heterocycles. The summed E-state index contributed by atoms with van der Waals surface area (Å²) in [4.78, 5) is 14.8. The van der Waals surface area contributed by atoms with Crippen molar-refractivity contribution in [3.8, 4) is 5.75 Å². The second kappa shape index (κ2) is 10.7. The molecule has 1 aliphatic heterocycles. The molecule has 2 aromatic carbocycles. The monoisotopic (exact) mass is 473 g/mol. The van der Waals surface area contributed by atoms with Crippen molar-refractivity contribution in [1.82, 2.24) is 9.21 Å². The van der Waals surface area contributed by atoms with Crippen LogP contribution in [-0.4, -0.2) is 62.4 Å². The summed E-state index contributed by atoms with van der Waals surface area (Å²) in [5.41, 5.74) is 2.90. The number of aryl methyl sites for hydroxylation is 2. The number of nitrogens with one attached hydrogen (secondary N) is 1. The van der Waals surface area contributed by atoms with Gasteiger partial charge in [-0.25, -0.2) is 8.42 Å². The average molecular weight is 474 g/mol. The lowest BCUT2D eigenvalue weighted by Crippen LogP contribution is -2.42. The smallest absolute Gasteiger partial charge is 0.243 e. The Balaban J connectivity index is 1.48. The van der Waals surface area contributed by atoms with Gasteiger partial charge in [-0.2, -0.15) is 4.31 Å². The molecule has 1 saturated heterocycles. The van der Waals surface area contributed by atoms with Crippen molar-refractivity contribution in [3.05, 3.63) is 53.6 Å². The van der Waals surface area contributed by atoms with Gasteiger partial charge >= 0.3 is 0 Å². The van der Waals surface area contributed by atoms with Gasteiger partial charge in [0.1, 0.15) is 11.9 Å². The highest BCUT2D eigenvalue weighted by Gasteiger charge is 2.24. The van der Waals surface area contributed by atoms with Crippen LogP contribution in [0.3, 0.4) is 0 Å². The molecule has 1 fully saturated rings. The van der Waals surface area contributed by atoms with E-state index in [-0.39, 0.29) is 22.9 Å². The van der Waals surface area contributed by atoms with Crippen LogP contribution < -0.4 is 10.1 Å². The Bertz CT molecular complexity index is 1060. The SMILES string of the molecule is Cc1ccc(C)c(OC2CCN(CC(=O)Nc3ccc(S(=O)(=O)N(C)C(C)C)cc3)CC2)c1. The summed E-state index contributed by atoms with van der Waals surface area (Å²) in [5, 5.41) is 2.86. The summed E-state index contributed by atoms with van der Waals surface area (Å²) >= 11 is 0. The van der Waals surface area contributed by atoms with Crippen LogP contribution in [0, 0.1) is 13.8 Å². The maximum Gasteiger partial charge on any atom is 0.243 e. The highest BCUT2D eigenvalue weighted by Crippen LogP contribution is 2.24. The lowest BCUT2D eigenvalue weighted by Gasteiger charge is -2.32. The second-order valence-electron chi connectivity index (χ2n) is 9.05. The number of rotatable bonds is 8. The van der Waals surface area contributed by atoms with Gasteiger partial charge in [0.15, 0.2) is 0 Å². The second-order valence-corrected chi connectivity index (χ2v) is 11.0. The summed E-state index contributed by atoms with van der Waals surface area (Å²) in [6, 6.07) is 12.4. The van der Waals surface area contributed by atoms with Crippen LogP contribution in [0.2, 0.25) is 0 Å². The summed E-state index contributed by atoms with van der Waals surface area (Å²) in [6.45, 7) is 9.65. The summed E-state index contributed by atoms with van der Waals surface area (Å²) < 4.78 is 32.7. The molecular weight excluding hydrogens is 438 g/mol. The van der Waals surface area contributed by atoms with Gasteiger partial charge in [-0.1, -0.05) is 12.1 Å². The fraction of sp³-hybridized carbons (Fsp3) is 0.480. The van der Waals surface area contributed by atoms with Gasteiger partial charge in [0.2, 0.25) is 15.9 Å². The standard InChI is InChI=1S/C25H35N3O4S/c1-18(2)27(5)33(30,31)23-10-8-21(9-11-23)26-25(29)17-28-14-12-22(13-15-28)32-24-16-19(3)6-7-20(24)4/h6-11,16,18,22H,12-15,17H2,1-5H3,(H,26,29). The molecule has 0 spiro atoms. The lowest BCUT2D eigenvalue weighted by atomic mass is 10.1. The average Bonchev–Trinajstić information content (AvgIpc) is 2.77. The predicted molar refractivity (Wildman–Crippen MR) is 131 cm³/mol. The number of nitrogens with zero attached hydrogens (tertiary/aromatic N) is 2. The third kappa shape index (κ3) is 6.56. The Hall–Kier alpha value is -2.42. The molecule has 8 heteroatoms. The Morgan fingerprint density at radius 1 is 1.12 bits per heavy atom. The van der Waals surface area contributed by atoms with Crippen LogP contribution in [0.25, 0.3) is 0 Å². The van der Waals surface area contributed by atoms with Crippen molar-refractivity contribution in [1.29, 1.82) is 0 Å². The first-order chi connectivity index (χ1) is 15.6. The molecule has 0 unspecified atom stereocenters. The van der Waals surface area contributed by atoms with Crippen molar-refractivity contribution in [2.45, 2.75) is 57.6 Å². The molecule has 1 amide bonds. The molecule has 0 atom stereocenters. The molecule has 0 bridgehead atoms. The van der Waals surface area contributed by atoms with E-state index in [9.17, 15) is 13.2 Å². The zero-order valence-corrected chi connectivity index (χ0v) is 21.0. The molecule has 1 heterocycles. The fourth-order valence-electron chi connectivity index (χ4n) is 3.76. The quantitative estimate of drug-likeness (QED) is 0.631. The normalized spacial score (nSPS) is 15.7. The van der Waals surface area contributed by atoms with E-state index in [0.29, 0.717) is 12.2 Å². The van der Waals surface area contributed by atoms with E-state index in [1.807, 2.05) is 13.8 Å². The van der Waals surface area contributed by atoms with Crippen LogP contribution in [0.15, 0.2) is 47.4 Å². The number of hydrogen-bond donors (Lipinski definition) is 1. The largest absolute Gasteiger partial charge is 0.490 e. The van der Waals surface area contributed by atoms with Gasteiger partial charge in [0.25, 0.3) is 0 Å². The molecule has 7 nitrogen and oxygen atoms in total. The minimum absolute atomic E-state index is 0.112. The number of carbonyl (C=O) groups is 1. The van der Waals surface area contributed by atoms with Gasteiger partial charge in [-0.05, 0) is 82.0 Å². The van der Waals surface area contributed by atoms with Crippen LogP contribution in [-0.2, 0) is 14.8 Å². The number of likely N-dealkylation sites (tertiary alicyclic amines) is 1. The van der Waals surface area contributed by atoms with E-state index in [0.717, 1.165) is 37.2 Å². The van der Waals surface area contributed by atoms with Gasteiger partial charge in [0.05, 0.1) is 11.4 Å². The van der Waals surface area contributed by atoms with Crippen molar-refractivity contribution in [2.75, 3.05) is 32.0 Å². The van der Waals surface area contributed by atoms with E-state index in [4.69, 9.17) is 4.74 Å². The van der Waals surface area contributed by atoms with E-state index < -0.39 is 10.0 Å². The summed E-state index contributed by atoms with van der Waals surface area (Å²) in [7, 11) is -1.98. The van der Waals surface area contributed by atoms with E-state index >= 15 is 0 Å². The number of anilines is 1. The van der Waals surface area contributed by atoms with Crippen LogP contribution >= 0.6 is 0 Å². The molecule has 33 heavy (non-hydrogen) atoms. The summed E-state index contributed by atoms with van der Waals surface area (Å²) in [5.74, 6) is 0.829. The molecule has 3 rings (SSSR count). The third-order valence-electron chi connectivity index (χ3n) is 6.08. The Morgan fingerprint density at radius 3 is 2.36 bits per heavy atom. The number of hydrogen-bond acceptors (Lipinski definition) is 5. The zero-order valence-electron chi connectivity index (χ0n) is 20.2. The summed E-state index contributed by atoms with van der Waals surface area (Å²) in [6.07, 6.45) is 1.90. The Kier molecular flexibility index (Phi) is 8.15. The van der Waals surface area contributed by atoms with Gasteiger partial charge in [-0.15, -0.1) is 0 Å². The number of piperidine rings is 1. The first-order valence-electron chi connectivity index (χ1n) is 11.4. The number of amides is 1. The minimum atomic E-state index is -3.54. The first kappa shape index (κ1) is 25.2. The predicted octanol–water partition coefficient (Wildman–Crippen LogP) is 3.81. The maximum absolute atomic E-state index is 12.6. The third-order valence-corrected chi connectivity index (χ3v) is 8.13. The number of sulfonamides is 1. The molecular formula is C25H35N3O4S. The molecule has 1 N–H and O–H groups in total. The van der Waals surface area contributed by atoms with Gasteiger partial charge in [-0.3, -0.25) is 9.69 Å². The van der Waals surface area contributed by atoms with Gasteiger partial charge in [0, 0.05) is 31.9 Å². The number of ether oxygens (including phenoxy) is 1. The van der Waals surface area contributed by atoms with Crippen molar-refractivity contribution < 1.29 is 17.9 Å². The molecule has 0 radical (unpaired) electrons. The van der Waals surface area contributed by atoms with E-state index in [1.165, 1.54) is 22.0 Å². The Morgan fingerprint density at radius 2 is 1.76 bits per heavy atom. The van der Waals surface area contributed by atoms with Crippen molar-refractivity contribution >= 4 is 21.6 Å². The van der Waals surface area contributed by atoms with Crippen LogP contribution in [0.4, 0.5) is 5.69 Å². The highest BCUT2D eigenvalue weighted by molar-refractivity contribution is 7.89. The first-order valence-corrected chi connectivity index (χ1v) is 12.8. The minimum Gasteiger partial charge on any atom is -0.490 e. The molecule has 0 aliphatic carbocycles. The molecule has 0 saturated carbocycles. The van der Waals surface area contributed by atoms with Crippen LogP contribution in [0.1, 0.15) is 37.8 Å². The van der Waals surface area contributed by atoms with E-state index in [1.54, 1.807) is 19.2 Å². The fourth-order valence-corrected chi connectivity index (χ4v) is 5.12. The molecule has 1 aliphatic rings. The number of benzene rings is 2. The van der Waals surface area contributed by atoms with E-state index in [2.05, 4.69) is 42.3 Å². The molecule has 2 aromatic rings. The highest BCUT2D eigenvalue weighted by atomic mass is 32.2. The number of carbonyl (C=O) groups excluding carboxylic acids is 1. The van der Waals surface area contributed by atoms with Crippen LogP contribution in [0.5, 0.6) is 5.75 Å². The molecule has 180 valence electrons. The van der Waals surface area contributed by atoms with Gasteiger partial charge < -0.3 is 10.1 Å². The zero-order chi connectivity index (χ0) is 24.2. The van der Waals surface area contributed by atoms with Crippen molar-refractivity contribution in [2.24, 2.45) is 0 Å². The van der Waals surface area contributed by atoms with Crippen molar-refractivity contribution in [3.63, 3.8) is 0 Å². The maximum atomic E-state index is 12.6.